The summed E-state index contributed by atoms with van der Waals surface area (Å²) in [5.41, 5.74) is 0. The maximum atomic E-state index is 11.5. The van der Waals surface area contributed by atoms with Crippen molar-refractivity contribution in [3.05, 3.63) is 0 Å². The van der Waals surface area contributed by atoms with Crippen molar-refractivity contribution in [2.45, 2.75) is 61.3 Å². The van der Waals surface area contributed by atoms with Crippen LogP contribution in [0.25, 0.3) is 0 Å². The normalized spacial score (nSPS) is 45.5. The van der Waals surface area contributed by atoms with E-state index in [1.807, 2.05) is 0 Å². The summed E-state index contributed by atoms with van der Waals surface area (Å²) >= 11 is 1.79. The Hall–Kier alpha value is -0.200. The van der Waals surface area contributed by atoms with Crippen LogP contribution in [0.5, 0.6) is 0 Å². The standard InChI is InChI=1S/C14H24INO11/c15-1-6(19)16-13-10(23)9(22)12(5(3-18)25-13)27-14-11(24)8(21)7(20)4(2-17)26-14/h4-5,7-14,17-18,20-24H,1-3H2,(H,16,19)/t4?,5?,7-,8-,9+,10?,11?,12-,13+,14-/m0/s1. The average molecular weight is 509 g/mol. The Morgan fingerprint density at radius 2 is 1.52 bits per heavy atom. The van der Waals surface area contributed by atoms with Crippen molar-refractivity contribution in [2.75, 3.05) is 17.6 Å². The van der Waals surface area contributed by atoms with Crippen molar-refractivity contribution in [3.63, 3.8) is 0 Å². The van der Waals surface area contributed by atoms with Gasteiger partial charge in [-0.1, -0.05) is 22.6 Å². The highest BCUT2D eigenvalue weighted by molar-refractivity contribution is 14.1. The first kappa shape index (κ1) is 23.1. The average Bonchev–Trinajstić information content (AvgIpc) is 2.67. The van der Waals surface area contributed by atoms with E-state index in [0.29, 0.717) is 0 Å². The van der Waals surface area contributed by atoms with Gasteiger partial charge in [0.25, 0.3) is 0 Å². The van der Waals surface area contributed by atoms with Crippen molar-refractivity contribution in [1.82, 2.24) is 5.32 Å². The lowest BCUT2D eigenvalue weighted by molar-refractivity contribution is -0.343. The lowest BCUT2D eigenvalue weighted by Gasteiger charge is -2.46. The first-order chi connectivity index (χ1) is 12.7. The summed E-state index contributed by atoms with van der Waals surface area (Å²) in [6, 6.07) is 0. The second kappa shape index (κ2) is 10.0. The van der Waals surface area contributed by atoms with Gasteiger partial charge in [0.1, 0.15) is 48.8 Å². The molecule has 2 fully saturated rings. The Labute approximate surface area is 167 Å². The van der Waals surface area contributed by atoms with Gasteiger partial charge in [-0.15, -0.1) is 0 Å². The number of aliphatic hydroxyl groups excluding tert-OH is 7. The minimum absolute atomic E-state index is 0.0784. The summed E-state index contributed by atoms with van der Waals surface area (Å²) in [4.78, 5) is 11.5. The van der Waals surface area contributed by atoms with Crippen LogP contribution in [0.4, 0.5) is 0 Å². The number of alkyl halides is 1. The minimum atomic E-state index is -1.73. The molecule has 0 radical (unpaired) electrons. The predicted octanol–water partition coefficient (Wildman–Crippen LogP) is -4.84. The number of halogens is 1. The Morgan fingerprint density at radius 1 is 0.889 bits per heavy atom. The van der Waals surface area contributed by atoms with Gasteiger partial charge in [-0.25, -0.2) is 0 Å². The molecule has 13 heteroatoms. The molecule has 27 heavy (non-hydrogen) atoms. The van der Waals surface area contributed by atoms with E-state index in [2.05, 4.69) is 5.32 Å². The van der Waals surface area contributed by atoms with E-state index in [9.17, 15) is 40.5 Å². The predicted molar refractivity (Wildman–Crippen MR) is 93.4 cm³/mol. The number of hydrogen-bond donors (Lipinski definition) is 8. The van der Waals surface area contributed by atoms with Gasteiger partial charge in [0.15, 0.2) is 12.5 Å². The van der Waals surface area contributed by atoms with Crippen molar-refractivity contribution >= 4 is 28.5 Å². The molecular weight excluding hydrogens is 485 g/mol. The molecule has 2 saturated heterocycles. The van der Waals surface area contributed by atoms with Crippen LogP contribution in [-0.2, 0) is 19.0 Å². The van der Waals surface area contributed by atoms with Crippen LogP contribution in [0.2, 0.25) is 0 Å². The highest BCUT2D eigenvalue weighted by Crippen LogP contribution is 2.28. The van der Waals surface area contributed by atoms with E-state index in [1.165, 1.54) is 0 Å². The van der Waals surface area contributed by atoms with E-state index in [0.717, 1.165) is 0 Å². The van der Waals surface area contributed by atoms with Crippen molar-refractivity contribution in [2.24, 2.45) is 0 Å². The Morgan fingerprint density at radius 3 is 2.07 bits per heavy atom. The van der Waals surface area contributed by atoms with Crippen LogP contribution >= 0.6 is 22.6 Å². The number of aliphatic hydroxyl groups is 7. The van der Waals surface area contributed by atoms with E-state index >= 15 is 0 Å². The number of carbonyl (C=O) groups excluding carboxylic acids is 1. The summed E-state index contributed by atoms with van der Waals surface area (Å²) in [6.45, 7) is -1.34. The molecule has 12 nitrogen and oxygen atoms in total. The number of ether oxygens (including phenoxy) is 3. The fourth-order valence-electron chi connectivity index (χ4n) is 2.91. The Bertz CT molecular complexity index is 496. The third kappa shape index (κ3) is 5.05. The molecule has 2 rings (SSSR count). The molecule has 0 aromatic carbocycles. The number of hydrogen-bond acceptors (Lipinski definition) is 11. The summed E-state index contributed by atoms with van der Waals surface area (Å²) in [7, 11) is 0. The molecular formula is C14H24INO11. The van der Waals surface area contributed by atoms with Crippen LogP contribution in [-0.4, -0.2) is 121 Å². The van der Waals surface area contributed by atoms with Crippen LogP contribution in [0.3, 0.4) is 0 Å². The molecule has 0 spiro atoms. The minimum Gasteiger partial charge on any atom is -0.394 e. The SMILES string of the molecule is O=C(CI)N[C@@H]1OC(CO)[C@H](O[C@@H]2OC(CO)[C@H](O)[C@H](O)C2O)[C@H](O)C1O. The first-order valence-corrected chi connectivity index (χ1v) is 9.71. The second-order valence-corrected chi connectivity index (χ2v) is 7.02. The number of nitrogens with one attached hydrogen (secondary N) is 1. The Kier molecular flexibility index (Phi) is 8.56. The molecule has 2 heterocycles. The first-order valence-electron chi connectivity index (χ1n) is 8.18. The lowest BCUT2D eigenvalue weighted by Crippen LogP contribution is -2.66. The molecule has 0 aromatic rings. The third-order valence-corrected chi connectivity index (χ3v) is 5.12. The highest BCUT2D eigenvalue weighted by Gasteiger charge is 2.50. The largest absolute Gasteiger partial charge is 0.394 e. The van der Waals surface area contributed by atoms with Gasteiger partial charge in [0.2, 0.25) is 5.91 Å². The van der Waals surface area contributed by atoms with Gasteiger partial charge in [0.05, 0.1) is 17.6 Å². The Balaban J connectivity index is 2.11. The van der Waals surface area contributed by atoms with Crippen LogP contribution in [0.1, 0.15) is 0 Å². The number of amides is 1. The van der Waals surface area contributed by atoms with E-state index in [4.69, 9.17) is 14.2 Å². The molecule has 0 aliphatic carbocycles. The van der Waals surface area contributed by atoms with Crippen molar-refractivity contribution < 1.29 is 54.8 Å². The number of rotatable bonds is 6. The molecule has 0 saturated carbocycles. The maximum Gasteiger partial charge on any atom is 0.231 e. The molecule has 2 aliphatic rings. The smallest absolute Gasteiger partial charge is 0.231 e. The summed E-state index contributed by atoms with van der Waals surface area (Å²) < 4.78 is 16.0. The molecule has 4 unspecified atom stereocenters. The zero-order chi connectivity index (χ0) is 20.3. The van der Waals surface area contributed by atoms with E-state index in [1.54, 1.807) is 22.6 Å². The summed E-state index contributed by atoms with van der Waals surface area (Å²) in [6.07, 6.45) is -15.0. The highest BCUT2D eigenvalue weighted by atomic mass is 127. The molecule has 1 amide bonds. The topological polar surface area (TPSA) is 198 Å². The quantitative estimate of drug-likeness (QED) is 0.126. The van der Waals surface area contributed by atoms with Crippen molar-refractivity contribution in [3.8, 4) is 0 Å². The van der Waals surface area contributed by atoms with Gasteiger partial charge in [-0.3, -0.25) is 4.79 Å². The van der Waals surface area contributed by atoms with Crippen LogP contribution in [0, 0.1) is 0 Å². The van der Waals surface area contributed by atoms with Gasteiger partial charge in [0, 0.05) is 0 Å². The fraction of sp³-hybridized carbons (Fsp3) is 0.929. The monoisotopic (exact) mass is 509 g/mol. The van der Waals surface area contributed by atoms with Crippen LogP contribution < -0.4 is 5.32 Å². The molecule has 2 aliphatic heterocycles. The van der Waals surface area contributed by atoms with E-state index in [-0.39, 0.29) is 4.43 Å². The fourth-order valence-corrected chi connectivity index (χ4v) is 3.13. The van der Waals surface area contributed by atoms with Gasteiger partial charge in [-0.2, -0.15) is 0 Å². The molecule has 0 bridgehead atoms. The van der Waals surface area contributed by atoms with Gasteiger partial charge in [-0.05, 0) is 0 Å². The number of carbonyl (C=O) groups is 1. The summed E-state index contributed by atoms with van der Waals surface area (Å²) in [5.74, 6) is -0.461. The lowest BCUT2D eigenvalue weighted by atomic mass is 9.96. The third-order valence-electron chi connectivity index (χ3n) is 4.43. The molecule has 10 atom stereocenters. The van der Waals surface area contributed by atoms with Crippen molar-refractivity contribution in [1.29, 1.82) is 0 Å². The van der Waals surface area contributed by atoms with Gasteiger partial charge < -0.3 is 55.3 Å². The zero-order valence-electron chi connectivity index (χ0n) is 14.0. The second-order valence-electron chi connectivity index (χ2n) is 6.26. The molecule has 158 valence electrons. The maximum absolute atomic E-state index is 11.5. The van der Waals surface area contributed by atoms with Gasteiger partial charge >= 0.3 is 0 Å². The molecule has 0 aromatic heterocycles. The summed E-state index contributed by atoms with van der Waals surface area (Å²) in [5, 5.41) is 71.1. The van der Waals surface area contributed by atoms with Crippen LogP contribution in [0.15, 0.2) is 0 Å². The van der Waals surface area contributed by atoms with E-state index < -0.39 is 80.5 Å². The molecule has 8 N–H and O–H groups in total. The zero-order valence-corrected chi connectivity index (χ0v) is 16.2.